The van der Waals surface area contributed by atoms with Crippen molar-refractivity contribution in [3.63, 3.8) is 0 Å². The van der Waals surface area contributed by atoms with Crippen molar-refractivity contribution in [2.75, 3.05) is 6.61 Å². The molecular weight excluding hydrogens is 188 g/mol. The number of hydrogen-bond acceptors (Lipinski definition) is 2. The van der Waals surface area contributed by atoms with E-state index in [-0.39, 0.29) is 5.78 Å². The number of carbonyl (C=O) groups excluding carboxylic acids is 1. The van der Waals surface area contributed by atoms with Gasteiger partial charge in [-0.3, -0.25) is 4.79 Å². The number of allylic oxidation sites excluding steroid dienone is 3. The quantitative estimate of drug-likeness (QED) is 0.569. The molecule has 82 valence electrons. The largest absolute Gasteiger partial charge is 0.493 e. The van der Waals surface area contributed by atoms with Gasteiger partial charge in [0.05, 0.1) is 0 Å². The van der Waals surface area contributed by atoms with E-state index in [4.69, 9.17) is 4.74 Å². The molecule has 0 fully saturated rings. The van der Waals surface area contributed by atoms with Gasteiger partial charge >= 0.3 is 0 Å². The monoisotopic (exact) mass is 206 g/mol. The second-order valence-electron chi connectivity index (χ2n) is 4.86. The maximum absolute atomic E-state index is 11.9. The molecule has 1 heterocycles. The van der Waals surface area contributed by atoms with Crippen LogP contribution in [0.15, 0.2) is 22.5 Å². The lowest BCUT2D eigenvalue weighted by Crippen LogP contribution is -2.18. The molecule has 0 saturated heterocycles. The lowest BCUT2D eigenvalue weighted by Gasteiger charge is -2.22. The molecule has 1 aliphatic heterocycles. The molecule has 0 N–H and O–H groups in total. The Morgan fingerprint density at radius 3 is 2.67 bits per heavy atom. The zero-order valence-corrected chi connectivity index (χ0v) is 9.72. The van der Waals surface area contributed by atoms with Gasteiger partial charge < -0.3 is 4.74 Å². The van der Waals surface area contributed by atoms with E-state index in [9.17, 15) is 4.79 Å². The van der Waals surface area contributed by atoms with E-state index in [0.717, 1.165) is 24.2 Å². The standard InChI is InChI=1S/C13H18O2/c1-8-4-12(14)11-6-9(2)10(3)7-15-13(11)5-8/h8H,4-7H2,1-3H3. The Labute approximate surface area is 91.0 Å². The zero-order valence-electron chi connectivity index (χ0n) is 9.72. The maximum atomic E-state index is 11.9. The Morgan fingerprint density at radius 2 is 1.93 bits per heavy atom. The van der Waals surface area contributed by atoms with Gasteiger partial charge in [-0.2, -0.15) is 0 Å². The summed E-state index contributed by atoms with van der Waals surface area (Å²) >= 11 is 0. The van der Waals surface area contributed by atoms with E-state index < -0.39 is 0 Å². The van der Waals surface area contributed by atoms with E-state index in [1.54, 1.807) is 0 Å². The van der Waals surface area contributed by atoms with Crippen molar-refractivity contribution < 1.29 is 9.53 Å². The Bertz CT molecular complexity index is 361. The number of ketones is 1. The van der Waals surface area contributed by atoms with E-state index in [0.29, 0.717) is 18.9 Å². The van der Waals surface area contributed by atoms with Crippen LogP contribution in [0, 0.1) is 5.92 Å². The molecule has 0 amide bonds. The number of carbonyl (C=O) groups is 1. The molecular formula is C13H18O2. The SMILES string of the molecule is CC1=C(C)CC2=C(CC(C)CC2=O)OC1. The summed E-state index contributed by atoms with van der Waals surface area (Å²) in [4.78, 5) is 11.9. The molecule has 0 radical (unpaired) electrons. The van der Waals surface area contributed by atoms with Crippen LogP contribution in [0.4, 0.5) is 0 Å². The Morgan fingerprint density at radius 1 is 1.20 bits per heavy atom. The molecule has 0 saturated carbocycles. The molecule has 1 aliphatic carbocycles. The zero-order chi connectivity index (χ0) is 11.0. The first-order valence-corrected chi connectivity index (χ1v) is 5.61. The summed E-state index contributed by atoms with van der Waals surface area (Å²) in [6.07, 6.45) is 2.42. The molecule has 0 aromatic heterocycles. The summed E-state index contributed by atoms with van der Waals surface area (Å²) in [6.45, 7) is 6.95. The van der Waals surface area contributed by atoms with Crippen molar-refractivity contribution >= 4 is 5.78 Å². The molecule has 0 bridgehead atoms. The highest BCUT2D eigenvalue weighted by molar-refractivity contribution is 5.97. The minimum atomic E-state index is 0.290. The Kier molecular flexibility index (Phi) is 2.68. The van der Waals surface area contributed by atoms with Crippen LogP contribution < -0.4 is 0 Å². The highest BCUT2D eigenvalue weighted by atomic mass is 16.5. The number of rotatable bonds is 0. The van der Waals surface area contributed by atoms with Crippen molar-refractivity contribution in [3.05, 3.63) is 22.5 Å². The minimum Gasteiger partial charge on any atom is -0.493 e. The first-order valence-electron chi connectivity index (χ1n) is 5.61. The topological polar surface area (TPSA) is 26.3 Å². The third kappa shape index (κ3) is 1.99. The smallest absolute Gasteiger partial charge is 0.162 e. The van der Waals surface area contributed by atoms with Gasteiger partial charge in [0.25, 0.3) is 0 Å². The fraction of sp³-hybridized carbons (Fsp3) is 0.615. The number of ether oxygens (including phenoxy) is 1. The molecule has 2 nitrogen and oxygen atoms in total. The van der Waals surface area contributed by atoms with Crippen LogP contribution in [-0.2, 0) is 9.53 Å². The second-order valence-corrected chi connectivity index (χ2v) is 4.86. The second kappa shape index (κ2) is 3.84. The highest BCUT2D eigenvalue weighted by Crippen LogP contribution is 2.33. The molecule has 2 heteroatoms. The predicted octanol–water partition coefficient (Wildman–Crippen LogP) is 3.00. The first-order chi connectivity index (χ1) is 7.08. The summed E-state index contributed by atoms with van der Waals surface area (Å²) in [5.41, 5.74) is 3.50. The van der Waals surface area contributed by atoms with Crippen molar-refractivity contribution in [2.24, 2.45) is 5.92 Å². The minimum absolute atomic E-state index is 0.290. The van der Waals surface area contributed by atoms with Gasteiger partial charge in [0, 0.05) is 24.8 Å². The summed E-state index contributed by atoms with van der Waals surface area (Å²) in [5, 5.41) is 0. The lowest BCUT2D eigenvalue weighted by molar-refractivity contribution is -0.117. The summed E-state index contributed by atoms with van der Waals surface area (Å²) < 4.78 is 5.73. The summed E-state index contributed by atoms with van der Waals surface area (Å²) in [5.74, 6) is 1.68. The van der Waals surface area contributed by atoms with Crippen molar-refractivity contribution in [1.29, 1.82) is 0 Å². The van der Waals surface area contributed by atoms with Crippen LogP contribution in [0.5, 0.6) is 0 Å². The number of hydrogen-bond donors (Lipinski definition) is 0. The fourth-order valence-electron chi connectivity index (χ4n) is 2.18. The average molecular weight is 206 g/mol. The third-order valence-electron chi connectivity index (χ3n) is 3.37. The van der Waals surface area contributed by atoms with Gasteiger partial charge in [0.1, 0.15) is 12.4 Å². The summed E-state index contributed by atoms with van der Waals surface area (Å²) in [7, 11) is 0. The molecule has 2 aliphatic rings. The average Bonchev–Trinajstić information content (AvgIpc) is 2.30. The third-order valence-corrected chi connectivity index (χ3v) is 3.37. The molecule has 0 aromatic carbocycles. The van der Waals surface area contributed by atoms with Crippen LogP contribution in [0.1, 0.15) is 40.0 Å². The van der Waals surface area contributed by atoms with Crippen LogP contribution in [0.3, 0.4) is 0 Å². The van der Waals surface area contributed by atoms with Crippen LogP contribution in [0.2, 0.25) is 0 Å². The van der Waals surface area contributed by atoms with Crippen LogP contribution >= 0.6 is 0 Å². The van der Waals surface area contributed by atoms with E-state index in [1.165, 1.54) is 11.1 Å². The lowest BCUT2D eigenvalue weighted by atomic mass is 9.86. The van der Waals surface area contributed by atoms with Crippen molar-refractivity contribution in [3.8, 4) is 0 Å². The Hall–Kier alpha value is -1.05. The van der Waals surface area contributed by atoms with Gasteiger partial charge in [-0.1, -0.05) is 12.5 Å². The molecule has 1 atom stereocenters. The van der Waals surface area contributed by atoms with Gasteiger partial charge in [-0.15, -0.1) is 0 Å². The van der Waals surface area contributed by atoms with E-state index in [1.807, 2.05) is 0 Å². The molecule has 1 unspecified atom stereocenters. The molecule has 15 heavy (non-hydrogen) atoms. The highest BCUT2D eigenvalue weighted by Gasteiger charge is 2.28. The molecule has 0 aromatic rings. The molecule has 0 spiro atoms. The van der Waals surface area contributed by atoms with E-state index in [2.05, 4.69) is 20.8 Å². The summed E-state index contributed by atoms with van der Waals surface area (Å²) in [6, 6.07) is 0. The Balaban J connectivity index is 2.31. The van der Waals surface area contributed by atoms with Crippen molar-refractivity contribution in [1.82, 2.24) is 0 Å². The van der Waals surface area contributed by atoms with Crippen LogP contribution in [-0.4, -0.2) is 12.4 Å². The van der Waals surface area contributed by atoms with Crippen molar-refractivity contribution in [2.45, 2.75) is 40.0 Å². The van der Waals surface area contributed by atoms with Gasteiger partial charge in [-0.05, 0) is 25.3 Å². The molecule has 2 rings (SSSR count). The predicted molar refractivity (Wildman–Crippen MR) is 59.4 cm³/mol. The fourth-order valence-corrected chi connectivity index (χ4v) is 2.18. The van der Waals surface area contributed by atoms with Gasteiger partial charge in [0.15, 0.2) is 5.78 Å². The number of Topliss-reactive ketones (excluding diaryl/α,β-unsaturated/α-hetero) is 1. The van der Waals surface area contributed by atoms with Gasteiger partial charge in [-0.25, -0.2) is 0 Å². The van der Waals surface area contributed by atoms with Gasteiger partial charge in [0.2, 0.25) is 0 Å². The van der Waals surface area contributed by atoms with Crippen LogP contribution in [0.25, 0.3) is 0 Å². The first kappa shape index (κ1) is 10.5. The maximum Gasteiger partial charge on any atom is 0.162 e. The van der Waals surface area contributed by atoms with E-state index >= 15 is 0 Å². The normalized spacial score (nSPS) is 27.4.